The van der Waals surface area contributed by atoms with Crippen molar-refractivity contribution in [1.82, 2.24) is 0 Å². The lowest BCUT2D eigenvalue weighted by Gasteiger charge is -2.63. The van der Waals surface area contributed by atoms with Crippen LogP contribution in [0.25, 0.3) is 0 Å². The van der Waals surface area contributed by atoms with Gasteiger partial charge in [0.05, 0.1) is 17.6 Å². The van der Waals surface area contributed by atoms with E-state index in [9.17, 15) is 34.7 Å². The largest absolute Gasteiger partial charge is 0.450 e. The lowest BCUT2D eigenvalue weighted by atomic mass is 9.46. The number of aliphatic hydroxyl groups is 2. The van der Waals surface area contributed by atoms with Gasteiger partial charge in [0.25, 0.3) is 5.09 Å². The minimum Gasteiger partial charge on any atom is -0.450 e. The van der Waals surface area contributed by atoms with Crippen LogP contribution in [0.15, 0.2) is 23.8 Å². The normalized spacial score (nSPS) is 42.2. The summed E-state index contributed by atoms with van der Waals surface area (Å²) in [4.78, 5) is 51.9. The molecule has 0 spiro atoms. The van der Waals surface area contributed by atoms with Crippen molar-refractivity contribution in [2.45, 2.75) is 75.9 Å². The second kappa shape index (κ2) is 9.47. The zero-order valence-electron chi connectivity index (χ0n) is 21.3. The number of carbonyl (C=O) groups is 3. The molecule has 2 saturated carbocycles. The molecular weight excluding hydrogens is 506 g/mol. The van der Waals surface area contributed by atoms with Crippen LogP contribution >= 0.6 is 11.6 Å². The third kappa shape index (κ3) is 3.86. The molecule has 0 amide bonds. The van der Waals surface area contributed by atoms with E-state index in [1.165, 1.54) is 6.08 Å². The van der Waals surface area contributed by atoms with Crippen molar-refractivity contribution in [1.29, 1.82) is 0 Å². The highest BCUT2D eigenvalue weighted by Gasteiger charge is 2.76. The first-order chi connectivity index (χ1) is 17.3. The second-order valence-electron chi connectivity index (χ2n) is 11.4. The number of ether oxygens (including phenoxy) is 1. The molecular formula is C26H34ClNO9. The molecule has 2 unspecified atom stereocenters. The smallest absolute Gasteiger partial charge is 0.306 e. The van der Waals surface area contributed by atoms with E-state index in [0.717, 1.165) is 5.57 Å². The van der Waals surface area contributed by atoms with Crippen LogP contribution in [0.3, 0.4) is 0 Å². The summed E-state index contributed by atoms with van der Waals surface area (Å²) < 4.78 is 5.95. The van der Waals surface area contributed by atoms with Gasteiger partial charge in [-0.05, 0) is 43.6 Å². The van der Waals surface area contributed by atoms with E-state index in [-0.39, 0.29) is 49.9 Å². The van der Waals surface area contributed by atoms with Gasteiger partial charge in [0.2, 0.25) is 5.78 Å². The SMILES string of the molecule is C[C@H]1CC2C3CC=C4CC(=O)C=C[C@]4(C)[C@@]3(Cl)[C@@H](O)C[C@]2(C)[C@@]1(OC(=O)CCCO[N+](=O)[O-])C(=O)CO. The van der Waals surface area contributed by atoms with Crippen LogP contribution < -0.4 is 0 Å². The van der Waals surface area contributed by atoms with E-state index < -0.39 is 56.8 Å². The van der Waals surface area contributed by atoms with Crippen LogP contribution in [0.4, 0.5) is 0 Å². The zero-order valence-corrected chi connectivity index (χ0v) is 22.0. The van der Waals surface area contributed by atoms with E-state index >= 15 is 0 Å². The first-order valence-electron chi connectivity index (χ1n) is 12.7. The molecule has 0 aromatic carbocycles. The van der Waals surface area contributed by atoms with E-state index in [4.69, 9.17) is 16.3 Å². The maximum Gasteiger partial charge on any atom is 0.306 e. The summed E-state index contributed by atoms with van der Waals surface area (Å²) >= 11 is 7.42. The number of Topliss-reactive ketones (excluding diaryl/α,β-unsaturated/α-hetero) is 1. The van der Waals surface area contributed by atoms with Crippen LogP contribution in [0.2, 0.25) is 0 Å². The topological polar surface area (TPSA) is 153 Å². The third-order valence-electron chi connectivity index (χ3n) is 9.70. The molecule has 0 saturated heterocycles. The zero-order chi connectivity index (χ0) is 27.4. The first kappa shape index (κ1) is 27.7. The number of rotatable bonds is 8. The second-order valence-corrected chi connectivity index (χ2v) is 12.0. The maximum atomic E-state index is 13.4. The Morgan fingerprint density at radius 2 is 2.00 bits per heavy atom. The Labute approximate surface area is 220 Å². The van der Waals surface area contributed by atoms with Gasteiger partial charge in [0, 0.05) is 29.6 Å². The summed E-state index contributed by atoms with van der Waals surface area (Å²) in [6, 6.07) is 0. The number of alkyl halides is 1. The highest BCUT2D eigenvalue weighted by molar-refractivity contribution is 6.26. The lowest BCUT2D eigenvalue weighted by Crippen LogP contribution is -2.69. The molecule has 0 radical (unpaired) electrons. The fourth-order valence-corrected chi connectivity index (χ4v) is 8.51. The van der Waals surface area contributed by atoms with Crippen molar-refractivity contribution in [3.63, 3.8) is 0 Å². The lowest BCUT2D eigenvalue weighted by molar-refractivity contribution is -0.757. The van der Waals surface area contributed by atoms with Crippen molar-refractivity contribution < 1.29 is 39.3 Å². The van der Waals surface area contributed by atoms with Gasteiger partial charge in [-0.3, -0.25) is 14.4 Å². The molecule has 10 nitrogen and oxygen atoms in total. The molecule has 4 rings (SSSR count). The van der Waals surface area contributed by atoms with Crippen LogP contribution in [0, 0.1) is 38.7 Å². The average Bonchev–Trinajstić information content (AvgIpc) is 3.04. The fraction of sp³-hybridized carbons (Fsp3) is 0.731. The molecule has 8 atom stereocenters. The summed E-state index contributed by atoms with van der Waals surface area (Å²) in [7, 11) is 0. The van der Waals surface area contributed by atoms with Gasteiger partial charge in [-0.2, -0.15) is 0 Å². The third-order valence-corrected chi connectivity index (χ3v) is 10.6. The predicted molar refractivity (Wildman–Crippen MR) is 131 cm³/mol. The number of ketones is 2. The standard InChI is InChI=1S/C26H34ClNO9/c1-15-11-19-18-7-6-16-12-17(30)8-9-23(16,2)25(18,27)20(31)13-24(19,3)26(15,21(32)14-29)37-22(33)5-4-10-36-28(34)35/h6,8-9,15,18-20,29,31H,4-5,7,10-14H2,1-3H3/t15-,18?,19?,20-,23-,24-,25-,26-/m0/s1. The van der Waals surface area contributed by atoms with Gasteiger partial charge in [-0.15, -0.1) is 21.7 Å². The van der Waals surface area contributed by atoms with Gasteiger partial charge in [-0.1, -0.05) is 38.5 Å². The molecule has 0 bridgehead atoms. The number of hydrogen-bond acceptors (Lipinski definition) is 9. The summed E-state index contributed by atoms with van der Waals surface area (Å²) in [5.41, 5.74) is -2.62. The molecule has 37 heavy (non-hydrogen) atoms. The van der Waals surface area contributed by atoms with Crippen LogP contribution in [0.5, 0.6) is 0 Å². The molecule has 4 aliphatic carbocycles. The molecule has 0 aliphatic heterocycles. The average molecular weight is 540 g/mol. The molecule has 11 heteroatoms. The molecule has 2 fully saturated rings. The number of nitrogens with zero attached hydrogens (tertiary/aromatic N) is 1. The molecule has 2 N–H and O–H groups in total. The number of carbonyl (C=O) groups excluding carboxylic acids is 3. The monoisotopic (exact) mass is 539 g/mol. The van der Waals surface area contributed by atoms with Gasteiger partial charge in [-0.25, -0.2) is 0 Å². The fourth-order valence-electron chi connectivity index (χ4n) is 8.01. The molecule has 0 heterocycles. The Hall–Kier alpha value is -2.30. The highest BCUT2D eigenvalue weighted by Crippen LogP contribution is 2.71. The number of aliphatic hydroxyl groups excluding tert-OH is 2. The molecule has 4 aliphatic rings. The van der Waals surface area contributed by atoms with Crippen molar-refractivity contribution in [3.05, 3.63) is 33.9 Å². The van der Waals surface area contributed by atoms with Crippen LogP contribution in [0.1, 0.15) is 59.3 Å². The Balaban J connectivity index is 1.71. The van der Waals surface area contributed by atoms with Crippen LogP contribution in [-0.2, 0) is 24.0 Å². The molecule has 0 aromatic rings. The Morgan fingerprint density at radius 1 is 1.30 bits per heavy atom. The Kier molecular flexibility index (Phi) is 7.09. The summed E-state index contributed by atoms with van der Waals surface area (Å²) in [5.74, 6) is -2.39. The Bertz CT molecular complexity index is 1070. The number of halogens is 1. The van der Waals surface area contributed by atoms with Crippen molar-refractivity contribution in [2.24, 2.45) is 28.6 Å². The number of allylic oxidation sites excluding steroid dienone is 4. The summed E-state index contributed by atoms with van der Waals surface area (Å²) in [6.45, 7) is 4.41. The van der Waals surface area contributed by atoms with Crippen molar-refractivity contribution in [3.8, 4) is 0 Å². The quantitative estimate of drug-likeness (QED) is 0.118. The van der Waals surface area contributed by atoms with Gasteiger partial charge in [0.15, 0.2) is 11.4 Å². The van der Waals surface area contributed by atoms with Gasteiger partial charge >= 0.3 is 5.97 Å². The van der Waals surface area contributed by atoms with E-state index in [0.29, 0.717) is 12.8 Å². The molecule has 204 valence electrons. The van der Waals surface area contributed by atoms with E-state index in [2.05, 4.69) is 4.84 Å². The van der Waals surface area contributed by atoms with Crippen LogP contribution in [-0.4, -0.2) is 62.6 Å². The van der Waals surface area contributed by atoms with E-state index in [1.807, 2.05) is 19.9 Å². The van der Waals surface area contributed by atoms with Gasteiger partial charge in [0.1, 0.15) is 6.61 Å². The first-order valence-corrected chi connectivity index (χ1v) is 13.1. The molecule has 0 aromatic heterocycles. The summed E-state index contributed by atoms with van der Waals surface area (Å²) in [5, 5.41) is 31.1. The van der Waals surface area contributed by atoms with Crippen molar-refractivity contribution >= 4 is 29.1 Å². The minimum atomic E-state index is -1.70. The number of esters is 1. The van der Waals surface area contributed by atoms with Gasteiger partial charge < -0.3 is 19.8 Å². The number of fused-ring (bicyclic) bond motifs is 5. The summed E-state index contributed by atoms with van der Waals surface area (Å²) in [6.07, 6.45) is 5.30. The predicted octanol–water partition coefficient (Wildman–Crippen LogP) is 2.70. The minimum absolute atomic E-state index is 0.0184. The van der Waals surface area contributed by atoms with E-state index in [1.54, 1.807) is 13.0 Å². The Morgan fingerprint density at radius 3 is 2.65 bits per heavy atom. The van der Waals surface area contributed by atoms with Crippen molar-refractivity contribution in [2.75, 3.05) is 13.2 Å². The maximum absolute atomic E-state index is 13.4. The number of hydrogen-bond donors (Lipinski definition) is 2. The highest BCUT2D eigenvalue weighted by atomic mass is 35.5.